The molecule has 0 N–H and O–H groups in total. The van der Waals surface area contributed by atoms with Crippen LogP contribution in [0.25, 0.3) is 0 Å². The zero-order valence-corrected chi connectivity index (χ0v) is 11.4. The Morgan fingerprint density at radius 1 is 1.32 bits per heavy atom. The average Bonchev–Trinajstić information content (AvgIpc) is 2.86. The minimum absolute atomic E-state index is 0.180. The summed E-state index contributed by atoms with van der Waals surface area (Å²) in [4.78, 5) is 12.9. The lowest BCUT2D eigenvalue weighted by Gasteiger charge is -2.36. The number of hydrogen-bond acceptors (Lipinski definition) is 3. The van der Waals surface area contributed by atoms with E-state index >= 15 is 0 Å². The largest absolute Gasteiger partial charge is 0.497 e. The summed E-state index contributed by atoms with van der Waals surface area (Å²) in [6, 6.07) is 2.35. The first-order valence-corrected chi connectivity index (χ1v) is 7.16. The Kier molecular flexibility index (Phi) is 2.97. The number of ether oxygens (including phenoxy) is 1. The maximum Gasteiger partial charge on any atom is 0.170 e. The summed E-state index contributed by atoms with van der Waals surface area (Å²) in [6.45, 7) is 0. The molecular formula is C16H19NO2. The summed E-state index contributed by atoms with van der Waals surface area (Å²) >= 11 is 0. The van der Waals surface area contributed by atoms with Gasteiger partial charge in [-0.1, -0.05) is 6.42 Å². The normalized spacial score (nSPS) is 34.0. The highest BCUT2D eigenvalue weighted by atomic mass is 16.5. The van der Waals surface area contributed by atoms with E-state index in [9.17, 15) is 10.1 Å². The molecular weight excluding hydrogens is 238 g/mol. The molecule has 0 aromatic carbocycles. The summed E-state index contributed by atoms with van der Waals surface area (Å²) in [5, 5.41) is 9.37. The predicted molar refractivity (Wildman–Crippen MR) is 71.0 cm³/mol. The van der Waals surface area contributed by atoms with Crippen molar-refractivity contribution < 1.29 is 9.53 Å². The molecule has 2 atom stereocenters. The Labute approximate surface area is 113 Å². The van der Waals surface area contributed by atoms with Crippen LogP contribution in [0.3, 0.4) is 0 Å². The van der Waals surface area contributed by atoms with Gasteiger partial charge in [-0.2, -0.15) is 5.26 Å². The van der Waals surface area contributed by atoms with Gasteiger partial charge in [-0.3, -0.25) is 4.79 Å². The van der Waals surface area contributed by atoms with Crippen LogP contribution in [0.15, 0.2) is 23.0 Å². The van der Waals surface area contributed by atoms with E-state index in [1.807, 2.05) is 6.08 Å². The summed E-state index contributed by atoms with van der Waals surface area (Å²) in [7, 11) is 1.67. The van der Waals surface area contributed by atoms with Gasteiger partial charge in [0.2, 0.25) is 0 Å². The first-order valence-electron chi connectivity index (χ1n) is 7.16. The van der Waals surface area contributed by atoms with Crippen LogP contribution in [0.1, 0.15) is 44.9 Å². The van der Waals surface area contributed by atoms with Crippen LogP contribution in [0.5, 0.6) is 0 Å². The lowest BCUT2D eigenvalue weighted by Crippen LogP contribution is -2.38. The minimum atomic E-state index is -0.587. The van der Waals surface area contributed by atoms with Crippen molar-refractivity contribution in [3.05, 3.63) is 23.0 Å². The molecule has 0 amide bonds. The molecule has 3 nitrogen and oxygen atoms in total. The van der Waals surface area contributed by atoms with Crippen molar-refractivity contribution in [3.8, 4) is 6.07 Å². The molecule has 0 aromatic rings. The van der Waals surface area contributed by atoms with Gasteiger partial charge in [0.05, 0.1) is 24.5 Å². The van der Waals surface area contributed by atoms with E-state index in [2.05, 4.69) is 6.07 Å². The zero-order valence-electron chi connectivity index (χ0n) is 11.4. The quantitative estimate of drug-likeness (QED) is 0.724. The first kappa shape index (κ1) is 12.5. The van der Waals surface area contributed by atoms with Gasteiger partial charge in [0.15, 0.2) is 5.78 Å². The molecule has 2 unspecified atom stereocenters. The molecule has 19 heavy (non-hydrogen) atoms. The highest BCUT2D eigenvalue weighted by molar-refractivity contribution is 6.04. The van der Waals surface area contributed by atoms with E-state index in [0.29, 0.717) is 0 Å². The molecule has 0 saturated heterocycles. The van der Waals surface area contributed by atoms with Crippen LogP contribution < -0.4 is 0 Å². The molecule has 0 radical (unpaired) electrons. The van der Waals surface area contributed by atoms with Crippen LogP contribution in [0.4, 0.5) is 0 Å². The van der Waals surface area contributed by atoms with Crippen molar-refractivity contribution in [3.63, 3.8) is 0 Å². The van der Waals surface area contributed by atoms with E-state index in [0.717, 1.165) is 61.9 Å². The molecule has 1 saturated carbocycles. The SMILES string of the molecule is COC1=CC2(CCCC2C#N)C(=O)C2=C1CCCC2. The maximum absolute atomic E-state index is 12.9. The van der Waals surface area contributed by atoms with Gasteiger partial charge in [-0.05, 0) is 44.6 Å². The van der Waals surface area contributed by atoms with E-state index in [1.54, 1.807) is 7.11 Å². The number of allylic oxidation sites excluding steroid dienone is 3. The van der Waals surface area contributed by atoms with Gasteiger partial charge >= 0.3 is 0 Å². The van der Waals surface area contributed by atoms with Crippen LogP contribution >= 0.6 is 0 Å². The number of hydrogen-bond donors (Lipinski definition) is 0. The second kappa shape index (κ2) is 4.52. The van der Waals surface area contributed by atoms with Gasteiger partial charge in [0.25, 0.3) is 0 Å². The minimum Gasteiger partial charge on any atom is -0.497 e. The van der Waals surface area contributed by atoms with Crippen molar-refractivity contribution in [2.24, 2.45) is 11.3 Å². The smallest absolute Gasteiger partial charge is 0.170 e. The second-order valence-electron chi connectivity index (χ2n) is 5.82. The maximum atomic E-state index is 12.9. The van der Waals surface area contributed by atoms with E-state index in [-0.39, 0.29) is 11.7 Å². The monoisotopic (exact) mass is 257 g/mol. The summed E-state index contributed by atoms with van der Waals surface area (Å²) in [5.41, 5.74) is 1.47. The molecule has 1 spiro atoms. The van der Waals surface area contributed by atoms with E-state index < -0.39 is 5.41 Å². The van der Waals surface area contributed by atoms with Gasteiger partial charge < -0.3 is 4.74 Å². The highest BCUT2D eigenvalue weighted by Crippen LogP contribution is 2.52. The Morgan fingerprint density at radius 2 is 2.05 bits per heavy atom. The molecule has 3 aliphatic rings. The standard InChI is InChI=1S/C16H19NO2/c1-19-14-9-16(8-4-5-11(16)10-17)15(18)13-7-3-2-6-12(13)14/h9,11H,2-8H2,1H3. The van der Waals surface area contributed by atoms with Gasteiger partial charge in [0, 0.05) is 11.1 Å². The number of rotatable bonds is 1. The third-order valence-electron chi connectivity index (χ3n) is 4.93. The fourth-order valence-corrected chi connectivity index (χ4v) is 3.93. The van der Waals surface area contributed by atoms with E-state index in [4.69, 9.17) is 4.74 Å². The molecule has 0 heterocycles. The van der Waals surface area contributed by atoms with Crippen LogP contribution in [0.2, 0.25) is 0 Å². The van der Waals surface area contributed by atoms with Crippen LogP contribution in [-0.2, 0) is 9.53 Å². The van der Waals surface area contributed by atoms with Crippen molar-refractivity contribution >= 4 is 5.78 Å². The molecule has 0 aliphatic heterocycles. The third kappa shape index (κ3) is 1.66. The van der Waals surface area contributed by atoms with Gasteiger partial charge in [0.1, 0.15) is 5.76 Å². The van der Waals surface area contributed by atoms with E-state index in [1.165, 1.54) is 0 Å². The molecule has 100 valence electrons. The third-order valence-corrected chi connectivity index (χ3v) is 4.93. The lowest BCUT2D eigenvalue weighted by molar-refractivity contribution is -0.124. The number of Topliss-reactive ketones (excluding diaryl/α,β-unsaturated/α-hetero) is 1. The molecule has 0 bridgehead atoms. The Bertz CT molecular complexity index is 523. The second-order valence-corrected chi connectivity index (χ2v) is 5.82. The summed E-state index contributed by atoms with van der Waals surface area (Å²) < 4.78 is 5.53. The number of nitriles is 1. The lowest BCUT2D eigenvalue weighted by atomic mass is 9.66. The molecule has 1 fully saturated rings. The summed E-state index contributed by atoms with van der Waals surface area (Å²) in [5.74, 6) is 0.893. The fraction of sp³-hybridized carbons (Fsp3) is 0.625. The first-order chi connectivity index (χ1) is 9.23. The average molecular weight is 257 g/mol. The van der Waals surface area contributed by atoms with Crippen LogP contribution in [0, 0.1) is 22.7 Å². The van der Waals surface area contributed by atoms with Crippen molar-refractivity contribution in [1.29, 1.82) is 5.26 Å². The number of ketones is 1. The highest BCUT2D eigenvalue weighted by Gasteiger charge is 2.51. The molecule has 3 rings (SSSR count). The Morgan fingerprint density at radius 3 is 2.74 bits per heavy atom. The fourth-order valence-electron chi connectivity index (χ4n) is 3.93. The molecule has 0 aromatic heterocycles. The van der Waals surface area contributed by atoms with Gasteiger partial charge in [-0.25, -0.2) is 0 Å². The number of carbonyl (C=O) groups is 1. The molecule has 3 heteroatoms. The van der Waals surface area contributed by atoms with Crippen molar-refractivity contribution in [1.82, 2.24) is 0 Å². The zero-order chi connectivity index (χ0) is 13.5. The number of nitrogens with zero attached hydrogens (tertiary/aromatic N) is 1. The van der Waals surface area contributed by atoms with Crippen molar-refractivity contribution in [2.45, 2.75) is 44.9 Å². The Balaban J connectivity index is 2.11. The van der Waals surface area contributed by atoms with Crippen molar-refractivity contribution in [2.75, 3.05) is 7.11 Å². The summed E-state index contributed by atoms with van der Waals surface area (Å²) in [6.07, 6.45) is 8.56. The number of methoxy groups -OCH3 is 1. The number of carbonyl (C=O) groups excluding carboxylic acids is 1. The molecule has 3 aliphatic carbocycles. The van der Waals surface area contributed by atoms with Gasteiger partial charge in [-0.15, -0.1) is 0 Å². The Hall–Kier alpha value is -1.56. The topological polar surface area (TPSA) is 50.1 Å². The van der Waals surface area contributed by atoms with Crippen LogP contribution in [-0.4, -0.2) is 12.9 Å². The predicted octanol–water partition coefficient (Wildman–Crippen LogP) is 3.28.